The number of halogens is 2. The quantitative estimate of drug-likeness (QED) is 0.243. The lowest BCUT2D eigenvalue weighted by Crippen LogP contribution is -2.56. The van der Waals surface area contributed by atoms with Gasteiger partial charge >= 0.3 is 0 Å². The lowest BCUT2D eigenvalue weighted by atomic mass is 10.0. The molecule has 9 nitrogen and oxygen atoms in total. The number of carbonyl (C=O) groups is 4. The van der Waals surface area contributed by atoms with Crippen molar-refractivity contribution in [2.24, 2.45) is 0 Å². The number of nitrogens with zero attached hydrogens (tertiary/aromatic N) is 1. The van der Waals surface area contributed by atoms with Crippen LogP contribution in [0.3, 0.4) is 0 Å². The zero-order valence-electron chi connectivity index (χ0n) is 24.8. The van der Waals surface area contributed by atoms with Crippen molar-refractivity contribution in [2.45, 2.75) is 50.2 Å². The predicted molar refractivity (Wildman–Crippen MR) is 177 cm³/mol. The van der Waals surface area contributed by atoms with E-state index in [0.29, 0.717) is 26.9 Å². The molecule has 0 saturated heterocycles. The van der Waals surface area contributed by atoms with E-state index in [1.165, 1.54) is 0 Å². The molecular formula is C35H33Cl2N5O4. The van der Waals surface area contributed by atoms with Crippen LogP contribution in [0.4, 0.5) is 5.69 Å². The Balaban J connectivity index is 1.51. The Morgan fingerprint density at radius 3 is 2.20 bits per heavy atom. The van der Waals surface area contributed by atoms with Gasteiger partial charge in [-0.1, -0.05) is 77.8 Å². The van der Waals surface area contributed by atoms with Gasteiger partial charge in [-0.15, -0.1) is 0 Å². The van der Waals surface area contributed by atoms with Crippen LogP contribution < -0.4 is 21.3 Å². The van der Waals surface area contributed by atoms with Crippen LogP contribution >= 0.6 is 23.2 Å². The van der Waals surface area contributed by atoms with Gasteiger partial charge in [0.05, 0.1) is 6.42 Å². The Bertz CT molecular complexity index is 1720. The first-order chi connectivity index (χ1) is 22.2. The van der Waals surface area contributed by atoms with E-state index in [9.17, 15) is 19.2 Å². The van der Waals surface area contributed by atoms with Gasteiger partial charge in [0.2, 0.25) is 23.6 Å². The second-order valence-electron chi connectivity index (χ2n) is 11.2. The maximum absolute atomic E-state index is 14.0. The van der Waals surface area contributed by atoms with Crippen LogP contribution in [0.25, 0.3) is 0 Å². The van der Waals surface area contributed by atoms with Crippen LogP contribution in [-0.4, -0.2) is 46.7 Å². The Morgan fingerprint density at radius 1 is 0.696 bits per heavy atom. The zero-order chi connectivity index (χ0) is 32.5. The number of rotatable bonds is 6. The van der Waals surface area contributed by atoms with E-state index in [4.69, 9.17) is 23.2 Å². The number of para-hydroxylation sites is 1. The number of hydrogen-bond donors (Lipinski definition) is 4. The first-order valence-corrected chi connectivity index (χ1v) is 15.6. The van der Waals surface area contributed by atoms with Gasteiger partial charge in [-0.25, -0.2) is 0 Å². The fourth-order valence-electron chi connectivity index (χ4n) is 5.39. The minimum Gasteiger partial charge on any atom is -0.351 e. The molecule has 5 rings (SSSR count). The average molecular weight is 659 g/mol. The fourth-order valence-corrected chi connectivity index (χ4v) is 5.82. The highest BCUT2D eigenvalue weighted by molar-refractivity contribution is 6.31. The number of anilines is 1. The molecule has 11 heteroatoms. The van der Waals surface area contributed by atoms with Crippen molar-refractivity contribution in [1.29, 1.82) is 0 Å². The van der Waals surface area contributed by atoms with E-state index in [1.807, 2.05) is 18.2 Å². The number of amides is 4. The number of benzene rings is 3. The minimum absolute atomic E-state index is 0.0809. The minimum atomic E-state index is -1.05. The molecule has 4 aromatic rings. The summed E-state index contributed by atoms with van der Waals surface area (Å²) in [5, 5.41) is 12.6. The molecular weight excluding hydrogens is 625 g/mol. The summed E-state index contributed by atoms with van der Waals surface area (Å²) in [7, 11) is 0. The molecule has 3 aromatic carbocycles. The second kappa shape index (κ2) is 15.5. The van der Waals surface area contributed by atoms with Gasteiger partial charge in [0.1, 0.15) is 12.1 Å². The first kappa shape index (κ1) is 32.7. The molecule has 0 bridgehead atoms. The van der Waals surface area contributed by atoms with Crippen molar-refractivity contribution in [3.63, 3.8) is 0 Å². The van der Waals surface area contributed by atoms with Crippen LogP contribution in [0, 0.1) is 0 Å². The highest BCUT2D eigenvalue weighted by Crippen LogP contribution is 2.21. The van der Waals surface area contributed by atoms with Gasteiger partial charge in [0, 0.05) is 53.4 Å². The van der Waals surface area contributed by atoms with E-state index in [1.54, 1.807) is 79.1 Å². The van der Waals surface area contributed by atoms with Crippen LogP contribution in [0.5, 0.6) is 0 Å². The van der Waals surface area contributed by atoms with Gasteiger partial charge < -0.3 is 21.3 Å². The van der Waals surface area contributed by atoms with Crippen molar-refractivity contribution in [2.75, 3.05) is 5.32 Å². The fraction of sp³-hybridized carbons (Fsp3) is 0.229. The summed E-state index contributed by atoms with van der Waals surface area (Å²) in [6.45, 7) is 0. The van der Waals surface area contributed by atoms with E-state index in [-0.39, 0.29) is 38.0 Å². The van der Waals surface area contributed by atoms with Crippen molar-refractivity contribution in [1.82, 2.24) is 20.9 Å². The van der Waals surface area contributed by atoms with E-state index >= 15 is 0 Å². The molecule has 1 aromatic heterocycles. The maximum Gasteiger partial charge on any atom is 0.243 e. The monoisotopic (exact) mass is 657 g/mol. The Hall–Kier alpha value is -4.73. The molecule has 1 aliphatic heterocycles. The molecule has 2 heterocycles. The third-order valence-electron chi connectivity index (χ3n) is 7.62. The molecule has 4 N–H and O–H groups in total. The Kier molecular flexibility index (Phi) is 11.0. The summed E-state index contributed by atoms with van der Waals surface area (Å²) >= 11 is 12.7. The third-order valence-corrected chi connectivity index (χ3v) is 8.22. The lowest BCUT2D eigenvalue weighted by molar-refractivity contribution is -0.132. The molecule has 1 aliphatic rings. The van der Waals surface area contributed by atoms with Gasteiger partial charge in [-0.2, -0.15) is 0 Å². The standard InChI is InChI=1S/C35H33Cl2N5O4/c36-26-11-5-7-22(15-26)16-30-35(46)42-31(17-23-8-6-14-38-21-23)34(45)39-27(18-24-9-1-3-12-28(24)37)20-33(44)40-29-13-4-2-10-25(29)19-32(43)41-30/h1-15,21,27,30-31H,16-20H2,(H,39,45)(H,40,44)(H,41,43)(H,42,46)/t27-,30-,31-/m0/s1. The van der Waals surface area contributed by atoms with Crippen molar-refractivity contribution < 1.29 is 19.2 Å². The van der Waals surface area contributed by atoms with Gasteiger partial charge in [0.25, 0.3) is 0 Å². The molecule has 0 fully saturated rings. The number of nitrogens with one attached hydrogen (secondary N) is 4. The van der Waals surface area contributed by atoms with Crippen molar-refractivity contribution in [3.05, 3.63) is 130 Å². The normalized spacial score (nSPS) is 19.4. The lowest BCUT2D eigenvalue weighted by Gasteiger charge is -2.26. The molecule has 4 amide bonds. The summed E-state index contributed by atoms with van der Waals surface area (Å²) in [6.07, 6.45) is 3.59. The number of pyridine rings is 1. The molecule has 0 spiro atoms. The molecule has 0 saturated carbocycles. The van der Waals surface area contributed by atoms with E-state index < -0.39 is 35.8 Å². The number of fused-ring (bicyclic) bond motifs is 1. The highest BCUT2D eigenvalue weighted by Gasteiger charge is 2.30. The maximum atomic E-state index is 14.0. The third kappa shape index (κ3) is 9.15. The van der Waals surface area contributed by atoms with Crippen molar-refractivity contribution >= 4 is 52.5 Å². The Morgan fingerprint density at radius 2 is 1.41 bits per heavy atom. The van der Waals surface area contributed by atoms with Crippen LogP contribution in [0.15, 0.2) is 97.3 Å². The summed E-state index contributed by atoms with van der Waals surface area (Å²) in [5.74, 6) is -1.82. The van der Waals surface area contributed by atoms with Crippen LogP contribution in [0.2, 0.25) is 10.0 Å². The van der Waals surface area contributed by atoms with Crippen LogP contribution in [-0.2, 0) is 44.9 Å². The smallest absolute Gasteiger partial charge is 0.243 e. The summed E-state index contributed by atoms with van der Waals surface area (Å²) in [4.78, 5) is 58.8. The molecule has 3 atom stereocenters. The second-order valence-corrected chi connectivity index (χ2v) is 12.0. The number of carbonyl (C=O) groups excluding carboxylic acids is 4. The van der Waals surface area contributed by atoms with E-state index in [0.717, 1.165) is 11.1 Å². The molecule has 0 unspecified atom stereocenters. The molecule has 0 radical (unpaired) electrons. The summed E-state index contributed by atoms with van der Waals surface area (Å²) in [6, 6.07) is 22.0. The first-order valence-electron chi connectivity index (χ1n) is 14.9. The van der Waals surface area contributed by atoms with Gasteiger partial charge in [0.15, 0.2) is 0 Å². The largest absolute Gasteiger partial charge is 0.351 e. The van der Waals surface area contributed by atoms with Gasteiger partial charge in [-0.3, -0.25) is 24.2 Å². The number of aromatic nitrogens is 1. The van der Waals surface area contributed by atoms with Crippen LogP contribution in [0.1, 0.15) is 28.7 Å². The van der Waals surface area contributed by atoms with Gasteiger partial charge in [-0.05, 0) is 59.0 Å². The highest BCUT2D eigenvalue weighted by atomic mass is 35.5. The summed E-state index contributed by atoms with van der Waals surface area (Å²) < 4.78 is 0. The zero-order valence-corrected chi connectivity index (χ0v) is 26.4. The summed E-state index contributed by atoms with van der Waals surface area (Å²) in [5.41, 5.74) is 3.24. The molecule has 0 aliphatic carbocycles. The molecule has 236 valence electrons. The topological polar surface area (TPSA) is 129 Å². The predicted octanol–water partition coefficient (Wildman–Crippen LogP) is 4.46. The average Bonchev–Trinajstić information content (AvgIpc) is 3.02. The molecule has 46 heavy (non-hydrogen) atoms. The Labute approximate surface area is 277 Å². The number of hydrogen-bond acceptors (Lipinski definition) is 5. The van der Waals surface area contributed by atoms with E-state index in [2.05, 4.69) is 26.3 Å². The van der Waals surface area contributed by atoms with Crippen molar-refractivity contribution in [3.8, 4) is 0 Å². The SMILES string of the molecule is O=C1C[C@H](Cc2ccccc2Cl)NC(=O)[C@H](Cc2cccnc2)NC(=O)[C@H](Cc2cccc(Cl)c2)NC(=O)Cc2ccccc2N1.